The summed E-state index contributed by atoms with van der Waals surface area (Å²) in [6, 6.07) is 0. The molecule has 0 N–H and O–H groups in total. The lowest BCUT2D eigenvalue weighted by Crippen LogP contribution is -2.46. The smallest absolute Gasteiger partial charge is 0.0575 e. The quantitative estimate of drug-likeness (QED) is 0.486. The van der Waals surface area contributed by atoms with E-state index in [1.54, 1.807) is 0 Å². The van der Waals surface area contributed by atoms with E-state index in [0.29, 0.717) is 23.0 Å². The fraction of sp³-hybridized carbons (Fsp3) is 1.00. The van der Waals surface area contributed by atoms with Crippen LogP contribution in [0, 0.1) is 22.7 Å². The van der Waals surface area contributed by atoms with Crippen LogP contribution in [-0.2, 0) is 18.9 Å². The van der Waals surface area contributed by atoms with Crippen molar-refractivity contribution in [2.45, 2.75) is 96.7 Å². The highest BCUT2D eigenvalue weighted by molar-refractivity contribution is 4.86. The third kappa shape index (κ3) is 5.56. The van der Waals surface area contributed by atoms with Crippen LogP contribution < -0.4 is 0 Å². The molecule has 0 spiro atoms. The summed E-state index contributed by atoms with van der Waals surface area (Å²) in [5.74, 6) is 1.86. The summed E-state index contributed by atoms with van der Waals surface area (Å²) in [5.41, 5.74) is 0.667. The van der Waals surface area contributed by atoms with Gasteiger partial charge in [-0.2, -0.15) is 0 Å². The first-order chi connectivity index (χ1) is 14.1. The normalized spacial score (nSPS) is 36.2. The highest BCUT2D eigenvalue weighted by atomic mass is 16.5. The van der Waals surface area contributed by atoms with Crippen LogP contribution in [0.4, 0.5) is 0 Å². The standard InChI is InChI=1S/C25H44O4/c1-3-24(14-26-15-24)18-28-22-9-5-20(6-10-22)13-21-7-11-23(12-8-21)29-19-25(4-2)16-27-17-25/h20-23H,3-19H2,1-2H3. The van der Waals surface area contributed by atoms with Crippen LogP contribution in [-0.4, -0.2) is 51.8 Å². The summed E-state index contributed by atoms with van der Waals surface area (Å²) in [6.07, 6.45) is 15.4. The average molecular weight is 409 g/mol. The summed E-state index contributed by atoms with van der Waals surface area (Å²) >= 11 is 0. The van der Waals surface area contributed by atoms with Crippen molar-refractivity contribution in [1.29, 1.82) is 0 Å². The monoisotopic (exact) mass is 408 g/mol. The Labute approximate surface area is 178 Å². The van der Waals surface area contributed by atoms with E-state index in [9.17, 15) is 0 Å². The molecule has 2 saturated carbocycles. The van der Waals surface area contributed by atoms with E-state index in [1.807, 2.05) is 0 Å². The fourth-order valence-corrected chi connectivity index (χ4v) is 5.69. The summed E-state index contributed by atoms with van der Waals surface area (Å²) < 4.78 is 23.5. The molecule has 4 fully saturated rings. The van der Waals surface area contributed by atoms with Crippen molar-refractivity contribution in [3.05, 3.63) is 0 Å². The second-order valence-corrected chi connectivity index (χ2v) is 10.8. The van der Waals surface area contributed by atoms with E-state index in [0.717, 1.165) is 51.5 Å². The molecule has 2 saturated heterocycles. The molecule has 4 nitrogen and oxygen atoms in total. The summed E-state index contributed by atoms with van der Waals surface area (Å²) in [7, 11) is 0. The summed E-state index contributed by atoms with van der Waals surface area (Å²) in [5, 5.41) is 0. The van der Waals surface area contributed by atoms with Crippen molar-refractivity contribution >= 4 is 0 Å². The molecule has 4 rings (SSSR count). The maximum Gasteiger partial charge on any atom is 0.0575 e. The van der Waals surface area contributed by atoms with Gasteiger partial charge in [-0.25, -0.2) is 0 Å². The first-order valence-electron chi connectivity index (χ1n) is 12.5. The van der Waals surface area contributed by atoms with Gasteiger partial charge in [-0.1, -0.05) is 13.8 Å². The van der Waals surface area contributed by atoms with Gasteiger partial charge in [0.2, 0.25) is 0 Å². The molecule has 0 aromatic heterocycles. The highest BCUT2D eigenvalue weighted by Crippen LogP contribution is 2.39. The molecule has 2 aliphatic heterocycles. The topological polar surface area (TPSA) is 36.9 Å². The van der Waals surface area contributed by atoms with E-state index in [-0.39, 0.29) is 0 Å². The van der Waals surface area contributed by atoms with Crippen molar-refractivity contribution in [3.8, 4) is 0 Å². The Hall–Kier alpha value is -0.160. The first-order valence-corrected chi connectivity index (χ1v) is 12.5. The van der Waals surface area contributed by atoms with Crippen LogP contribution in [0.5, 0.6) is 0 Å². The third-order valence-corrected chi connectivity index (χ3v) is 8.64. The Kier molecular flexibility index (Phi) is 7.58. The molecule has 0 unspecified atom stereocenters. The van der Waals surface area contributed by atoms with Gasteiger partial charge in [-0.05, 0) is 82.5 Å². The maximum absolute atomic E-state index is 6.31. The van der Waals surface area contributed by atoms with Crippen molar-refractivity contribution in [1.82, 2.24) is 0 Å². The van der Waals surface area contributed by atoms with Crippen LogP contribution in [0.25, 0.3) is 0 Å². The van der Waals surface area contributed by atoms with Gasteiger partial charge >= 0.3 is 0 Å². The van der Waals surface area contributed by atoms with Gasteiger partial charge in [-0.3, -0.25) is 0 Å². The molecule has 2 aliphatic carbocycles. The Balaban J connectivity index is 1.08. The number of ether oxygens (including phenoxy) is 4. The lowest BCUT2D eigenvalue weighted by atomic mass is 9.76. The average Bonchev–Trinajstić information content (AvgIpc) is 2.69. The Bertz CT molecular complexity index is 428. The second kappa shape index (κ2) is 9.97. The molecular weight excluding hydrogens is 364 g/mol. The molecule has 168 valence electrons. The van der Waals surface area contributed by atoms with Crippen molar-refractivity contribution < 1.29 is 18.9 Å². The molecule has 0 atom stereocenters. The van der Waals surface area contributed by atoms with Crippen LogP contribution in [0.3, 0.4) is 0 Å². The van der Waals surface area contributed by atoms with E-state index < -0.39 is 0 Å². The fourth-order valence-electron chi connectivity index (χ4n) is 5.69. The predicted molar refractivity (Wildman–Crippen MR) is 115 cm³/mol. The van der Waals surface area contributed by atoms with E-state index in [1.165, 1.54) is 70.6 Å². The molecular formula is C25H44O4. The zero-order valence-electron chi connectivity index (χ0n) is 19.0. The van der Waals surface area contributed by atoms with Crippen molar-refractivity contribution in [2.24, 2.45) is 22.7 Å². The van der Waals surface area contributed by atoms with Gasteiger partial charge in [0.25, 0.3) is 0 Å². The zero-order chi connectivity index (χ0) is 20.2. The predicted octanol–water partition coefficient (Wildman–Crippen LogP) is 5.38. The Morgan fingerprint density at radius 3 is 1.28 bits per heavy atom. The van der Waals surface area contributed by atoms with Gasteiger partial charge in [0.1, 0.15) is 0 Å². The minimum Gasteiger partial charge on any atom is -0.380 e. The van der Waals surface area contributed by atoms with Crippen LogP contribution in [0.15, 0.2) is 0 Å². The summed E-state index contributed by atoms with van der Waals surface area (Å²) in [4.78, 5) is 0. The lowest BCUT2D eigenvalue weighted by Gasteiger charge is -2.42. The van der Waals surface area contributed by atoms with Crippen molar-refractivity contribution in [2.75, 3.05) is 39.6 Å². The molecule has 0 aromatic rings. The van der Waals surface area contributed by atoms with Crippen LogP contribution >= 0.6 is 0 Å². The van der Waals surface area contributed by atoms with E-state index in [2.05, 4.69) is 13.8 Å². The van der Waals surface area contributed by atoms with Crippen molar-refractivity contribution in [3.63, 3.8) is 0 Å². The molecule has 0 amide bonds. The largest absolute Gasteiger partial charge is 0.380 e. The molecule has 4 heteroatoms. The van der Waals surface area contributed by atoms with Crippen LogP contribution in [0.2, 0.25) is 0 Å². The second-order valence-electron chi connectivity index (χ2n) is 10.8. The minimum atomic E-state index is 0.333. The number of rotatable bonds is 10. The molecule has 4 aliphatic rings. The Morgan fingerprint density at radius 1 is 0.621 bits per heavy atom. The van der Waals surface area contributed by atoms with E-state index >= 15 is 0 Å². The van der Waals surface area contributed by atoms with Gasteiger partial charge in [0.05, 0.1) is 51.8 Å². The third-order valence-electron chi connectivity index (χ3n) is 8.64. The molecule has 0 radical (unpaired) electrons. The Morgan fingerprint density at radius 2 is 1.00 bits per heavy atom. The van der Waals surface area contributed by atoms with Gasteiger partial charge in [0.15, 0.2) is 0 Å². The number of hydrogen-bond acceptors (Lipinski definition) is 4. The first kappa shape index (κ1) is 22.0. The molecule has 0 bridgehead atoms. The molecule has 29 heavy (non-hydrogen) atoms. The highest BCUT2D eigenvalue weighted by Gasteiger charge is 2.39. The number of hydrogen-bond donors (Lipinski definition) is 0. The molecule has 0 aromatic carbocycles. The SMILES string of the molecule is CCC1(COC2CCC(CC3CCC(OCC4(CC)COC4)CC3)CC2)COC1. The van der Waals surface area contributed by atoms with Crippen LogP contribution in [0.1, 0.15) is 84.5 Å². The van der Waals surface area contributed by atoms with Gasteiger partial charge in [0, 0.05) is 10.8 Å². The van der Waals surface area contributed by atoms with Gasteiger partial charge < -0.3 is 18.9 Å². The maximum atomic E-state index is 6.31. The van der Waals surface area contributed by atoms with E-state index in [4.69, 9.17) is 18.9 Å². The minimum absolute atomic E-state index is 0.333. The lowest BCUT2D eigenvalue weighted by molar-refractivity contribution is -0.164. The summed E-state index contributed by atoms with van der Waals surface area (Å²) in [6.45, 7) is 9.97. The van der Waals surface area contributed by atoms with Gasteiger partial charge in [-0.15, -0.1) is 0 Å². The zero-order valence-corrected chi connectivity index (χ0v) is 19.0. The molecule has 2 heterocycles.